The first kappa shape index (κ1) is 14.6. The first-order valence-electron chi connectivity index (χ1n) is 8.17. The van der Waals surface area contributed by atoms with Crippen molar-refractivity contribution in [2.75, 3.05) is 0 Å². The Labute approximate surface area is 130 Å². The highest BCUT2D eigenvalue weighted by atomic mass is 79.9. The van der Waals surface area contributed by atoms with E-state index in [4.69, 9.17) is 5.73 Å². The zero-order chi connectivity index (χ0) is 14.3. The van der Waals surface area contributed by atoms with Gasteiger partial charge in [0.15, 0.2) is 0 Å². The van der Waals surface area contributed by atoms with Crippen molar-refractivity contribution in [2.24, 2.45) is 23.5 Å². The molecule has 0 aromatic carbocycles. The third kappa shape index (κ3) is 2.45. The van der Waals surface area contributed by atoms with E-state index in [1.165, 1.54) is 41.5 Å². The van der Waals surface area contributed by atoms with Crippen molar-refractivity contribution < 1.29 is 0 Å². The molecule has 2 aliphatic rings. The Hall–Kier alpha value is -0.350. The monoisotopic (exact) mass is 339 g/mol. The molecule has 2 saturated carbocycles. The minimum absolute atomic E-state index is 0.311. The van der Waals surface area contributed by atoms with E-state index in [2.05, 4.69) is 39.6 Å². The van der Waals surface area contributed by atoms with Crippen LogP contribution >= 0.6 is 15.9 Å². The van der Waals surface area contributed by atoms with Gasteiger partial charge in [0.2, 0.25) is 0 Å². The van der Waals surface area contributed by atoms with Crippen LogP contribution in [-0.2, 0) is 19.4 Å². The molecule has 0 aliphatic heterocycles. The average Bonchev–Trinajstić information content (AvgIpc) is 3.12. The fourth-order valence-corrected chi connectivity index (χ4v) is 4.98. The second-order valence-electron chi connectivity index (χ2n) is 6.43. The quantitative estimate of drug-likeness (QED) is 0.891. The van der Waals surface area contributed by atoms with Gasteiger partial charge in [-0.1, -0.05) is 19.8 Å². The maximum absolute atomic E-state index is 6.55. The highest BCUT2D eigenvalue weighted by molar-refractivity contribution is 9.10. The van der Waals surface area contributed by atoms with E-state index in [1.807, 2.05) is 0 Å². The Kier molecular flexibility index (Phi) is 4.23. The number of aryl methyl sites for hydroxylation is 2. The lowest BCUT2D eigenvalue weighted by Gasteiger charge is -2.13. The largest absolute Gasteiger partial charge is 0.327 e. The van der Waals surface area contributed by atoms with Gasteiger partial charge in [-0.3, -0.25) is 4.68 Å². The van der Waals surface area contributed by atoms with Crippen molar-refractivity contribution in [3.05, 3.63) is 15.9 Å². The van der Waals surface area contributed by atoms with Gasteiger partial charge in [-0.05, 0) is 59.9 Å². The van der Waals surface area contributed by atoms with Crippen LogP contribution in [0.25, 0.3) is 0 Å². The molecule has 3 unspecified atom stereocenters. The van der Waals surface area contributed by atoms with E-state index in [0.29, 0.717) is 6.04 Å². The zero-order valence-electron chi connectivity index (χ0n) is 12.6. The summed E-state index contributed by atoms with van der Waals surface area (Å²) >= 11 is 3.74. The summed E-state index contributed by atoms with van der Waals surface area (Å²) in [7, 11) is 0. The van der Waals surface area contributed by atoms with Gasteiger partial charge >= 0.3 is 0 Å². The van der Waals surface area contributed by atoms with Gasteiger partial charge in [0.25, 0.3) is 0 Å². The molecule has 0 saturated heterocycles. The number of nitrogens with zero attached hydrogens (tertiary/aromatic N) is 2. The first-order chi connectivity index (χ1) is 9.67. The number of halogens is 1. The van der Waals surface area contributed by atoms with E-state index in [1.54, 1.807) is 0 Å². The van der Waals surface area contributed by atoms with Crippen LogP contribution in [0, 0.1) is 17.8 Å². The summed E-state index contributed by atoms with van der Waals surface area (Å²) < 4.78 is 3.33. The fourth-order valence-electron chi connectivity index (χ4n) is 4.25. The predicted octanol–water partition coefficient (Wildman–Crippen LogP) is 3.53. The summed E-state index contributed by atoms with van der Waals surface area (Å²) in [4.78, 5) is 0. The molecule has 2 fully saturated rings. The molecule has 1 heterocycles. The van der Waals surface area contributed by atoms with Gasteiger partial charge in [-0.15, -0.1) is 0 Å². The Morgan fingerprint density at radius 3 is 2.50 bits per heavy atom. The van der Waals surface area contributed by atoms with Crippen LogP contribution in [0.4, 0.5) is 0 Å². The summed E-state index contributed by atoms with van der Waals surface area (Å²) in [5.41, 5.74) is 9.03. The molecule has 2 N–H and O–H groups in total. The summed E-state index contributed by atoms with van der Waals surface area (Å²) in [6.45, 7) is 5.25. The summed E-state index contributed by atoms with van der Waals surface area (Å²) in [6.07, 6.45) is 7.61. The topological polar surface area (TPSA) is 43.8 Å². The highest BCUT2D eigenvalue weighted by Gasteiger charge is 2.53. The van der Waals surface area contributed by atoms with Crippen molar-refractivity contribution in [3.8, 4) is 0 Å². The molecule has 2 aliphatic carbocycles. The normalized spacial score (nSPS) is 30.1. The Balaban J connectivity index is 1.73. The molecular weight excluding hydrogens is 314 g/mol. The summed E-state index contributed by atoms with van der Waals surface area (Å²) in [5, 5.41) is 4.68. The second-order valence-corrected chi connectivity index (χ2v) is 7.23. The lowest BCUT2D eigenvalue weighted by molar-refractivity contribution is 0.480. The number of hydrogen-bond donors (Lipinski definition) is 1. The molecule has 0 spiro atoms. The van der Waals surface area contributed by atoms with Gasteiger partial charge in [0.1, 0.15) is 0 Å². The molecule has 0 amide bonds. The lowest BCUT2D eigenvalue weighted by Crippen LogP contribution is -2.28. The van der Waals surface area contributed by atoms with Crippen molar-refractivity contribution in [1.29, 1.82) is 0 Å². The summed E-state index contributed by atoms with van der Waals surface area (Å²) in [6, 6.07) is 0.311. The Morgan fingerprint density at radius 2 is 1.95 bits per heavy atom. The number of aromatic nitrogens is 2. The van der Waals surface area contributed by atoms with Gasteiger partial charge in [-0.2, -0.15) is 5.10 Å². The molecule has 3 atom stereocenters. The molecule has 112 valence electrons. The van der Waals surface area contributed by atoms with Crippen LogP contribution in [0.2, 0.25) is 0 Å². The maximum Gasteiger partial charge on any atom is 0.0766 e. The minimum atomic E-state index is 0.311. The molecule has 20 heavy (non-hydrogen) atoms. The molecule has 1 aromatic rings. The first-order valence-corrected chi connectivity index (χ1v) is 8.96. The molecule has 4 heteroatoms. The SMILES string of the molecule is CCc1nn(CC)c(CC(N)C2C3CCCCC32)c1Br. The smallest absolute Gasteiger partial charge is 0.0766 e. The number of rotatable bonds is 5. The maximum atomic E-state index is 6.55. The third-order valence-corrected chi connectivity index (χ3v) is 6.26. The van der Waals surface area contributed by atoms with Crippen LogP contribution in [0.3, 0.4) is 0 Å². The van der Waals surface area contributed by atoms with E-state index >= 15 is 0 Å². The van der Waals surface area contributed by atoms with E-state index < -0.39 is 0 Å². The van der Waals surface area contributed by atoms with Gasteiger partial charge in [0, 0.05) is 19.0 Å². The number of hydrogen-bond acceptors (Lipinski definition) is 2. The van der Waals surface area contributed by atoms with Crippen LogP contribution < -0.4 is 5.73 Å². The van der Waals surface area contributed by atoms with E-state index in [-0.39, 0.29) is 0 Å². The molecule has 0 bridgehead atoms. The van der Waals surface area contributed by atoms with Gasteiger partial charge < -0.3 is 5.73 Å². The molecule has 3 nitrogen and oxygen atoms in total. The van der Waals surface area contributed by atoms with Crippen molar-refractivity contribution >= 4 is 15.9 Å². The molecular formula is C16H26BrN3. The van der Waals surface area contributed by atoms with Crippen LogP contribution in [-0.4, -0.2) is 15.8 Å². The highest BCUT2D eigenvalue weighted by Crippen LogP contribution is 2.57. The Bertz CT molecular complexity index is 470. The Morgan fingerprint density at radius 1 is 1.30 bits per heavy atom. The third-order valence-electron chi connectivity index (χ3n) is 5.34. The van der Waals surface area contributed by atoms with Crippen LogP contribution in [0.15, 0.2) is 4.47 Å². The standard InChI is InChI=1S/C16H26BrN3/c1-3-13-16(17)14(20(4-2)19-13)9-12(18)15-10-7-5-6-8-11(10)15/h10-12,15H,3-9,18H2,1-2H3. The predicted molar refractivity (Wildman–Crippen MR) is 85.6 cm³/mol. The van der Waals surface area contributed by atoms with Gasteiger partial charge in [-0.25, -0.2) is 0 Å². The molecule has 1 aromatic heterocycles. The van der Waals surface area contributed by atoms with E-state index in [0.717, 1.165) is 37.1 Å². The number of nitrogens with two attached hydrogens (primary N) is 1. The van der Waals surface area contributed by atoms with Crippen molar-refractivity contribution in [2.45, 2.75) is 65.0 Å². The second kappa shape index (κ2) is 5.80. The van der Waals surface area contributed by atoms with Crippen molar-refractivity contribution in [1.82, 2.24) is 9.78 Å². The average molecular weight is 340 g/mol. The van der Waals surface area contributed by atoms with Crippen LogP contribution in [0.1, 0.15) is 50.9 Å². The van der Waals surface area contributed by atoms with Gasteiger partial charge in [0.05, 0.1) is 15.9 Å². The number of fused-ring (bicyclic) bond motifs is 1. The summed E-state index contributed by atoms with van der Waals surface area (Å²) in [5.74, 6) is 2.64. The minimum Gasteiger partial charge on any atom is -0.327 e. The fraction of sp³-hybridized carbons (Fsp3) is 0.812. The molecule has 3 rings (SSSR count). The zero-order valence-corrected chi connectivity index (χ0v) is 14.2. The van der Waals surface area contributed by atoms with Crippen molar-refractivity contribution in [3.63, 3.8) is 0 Å². The van der Waals surface area contributed by atoms with E-state index in [9.17, 15) is 0 Å². The lowest BCUT2D eigenvalue weighted by atomic mass is 10.0. The molecule has 0 radical (unpaired) electrons. The van der Waals surface area contributed by atoms with Crippen LogP contribution in [0.5, 0.6) is 0 Å².